The van der Waals surface area contributed by atoms with E-state index in [4.69, 9.17) is 0 Å². The number of amides is 1. The Hall–Kier alpha value is -0.810. The van der Waals surface area contributed by atoms with E-state index in [-0.39, 0.29) is 12.5 Å². The van der Waals surface area contributed by atoms with Crippen molar-refractivity contribution in [2.75, 3.05) is 6.61 Å². The molecule has 0 saturated heterocycles. The Labute approximate surface area is 117 Å². The van der Waals surface area contributed by atoms with Crippen LogP contribution >= 0.6 is 15.9 Å². The van der Waals surface area contributed by atoms with Gasteiger partial charge in [-0.3, -0.25) is 4.79 Å². The molecule has 1 atom stereocenters. The summed E-state index contributed by atoms with van der Waals surface area (Å²) in [5.41, 5.74) is 0.0575. The van der Waals surface area contributed by atoms with Crippen molar-refractivity contribution in [1.82, 2.24) is 9.88 Å². The zero-order valence-electron chi connectivity index (χ0n) is 11.2. The Bertz CT molecular complexity index is 411. The highest BCUT2D eigenvalue weighted by atomic mass is 79.9. The smallest absolute Gasteiger partial charge is 0.268 e. The predicted molar refractivity (Wildman–Crippen MR) is 75.7 cm³/mol. The Morgan fingerprint density at radius 3 is 2.72 bits per heavy atom. The molecule has 1 aromatic rings. The summed E-state index contributed by atoms with van der Waals surface area (Å²) in [4.78, 5) is 12.2. The van der Waals surface area contributed by atoms with Gasteiger partial charge in [0.1, 0.15) is 5.69 Å². The minimum absolute atomic E-state index is 0.0646. The summed E-state index contributed by atoms with van der Waals surface area (Å²) in [6.45, 7) is 6.59. The molecule has 0 radical (unpaired) electrons. The van der Waals surface area contributed by atoms with Crippen LogP contribution in [0.25, 0.3) is 0 Å². The number of aliphatic hydroxyl groups excluding tert-OH is 1. The summed E-state index contributed by atoms with van der Waals surface area (Å²) in [6, 6.07) is 1.80. The molecular formula is C13H21BrN2O2. The third kappa shape index (κ3) is 3.59. The first-order valence-corrected chi connectivity index (χ1v) is 7.04. The summed E-state index contributed by atoms with van der Waals surface area (Å²) < 4.78 is 2.82. The van der Waals surface area contributed by atoms with Gasteiger partial charge >= 0.3 is 0 Å². The third-order valence-corrected chi connectivity index (χ3v) is 3.54. The fourth-order valence-corrected chi connectivity index (χ4v) is 2.13. The highest BCUT2D eigenvalue weighted by molar-refractivity contribution is 9.10. The Morgan fingerprint density at radius 2 is 2.22 bits per heavy atom. The van der Waals surface area contributed by atoms with Crippen LogP contribution in [0.5, 0.6) is 0 Å². The molecule has 5 heteroatoms. The van der Waals surface area contributed by atoms with Gasteiger partial charge in [0.15, 0.2) is 0 Å². The number of rotatable bonds is 6. The molecule has 1 aromatic heterocycles. The molecule has 0 fully saturated rings. The van der Waals surface area contributed by atoms with Gasteiger partial charge in [0.2, 0.25) is 0 Å². The van der Waals surface area contributed by atoms with E-state index in [2.05, 4.69) is 28.2 Å². The largest absolute Gasteiger partial charge is 0.394 e. The molecule has 102 valence electrons. The number of hydrogen-bond donors (Lipinski definition) is 2. The predicted octanol–water partition coefficient (Wildman–Crippen LogP) is 2.55. The van der Waals surface area contributed by atoms with Crippen LogP contribution in [-0.2, 0) is 6.54 Å². The van der Waals surface area contributed by atoms with E-state index in [1.54, 1.807) is 6.07 Å². The van der Waals surface area contributed by atoms with E-state index in [1.165, 1.54) is 0 Å². The number of halogens is 1. The lowest BCUT2D eigenvalue weighted by Gasteiger charge is -2.27. The van der Waals surface area contributed by atoms with Crippen LogP contribution in [0.4, 0.5) is 0 Å². The van der Waals surface area contributed by atoms with Crippen LogP contribution in [0.3, 0.4) is 0 Å². The molecule has 2 N–H and O–H groups in total. The molecule has 0 aromatic carbocycles. The SMILES string of the molecule is CCCn1cc(Br)cc1C(=O)NC(C)(CC)CO. The Balaban J connectivity index is 2.90. The molecule has 1 rings (SSSR count). The molecule has 4 nitrogen and oxygen atoms in total. The first kappa shape index (κ1) is 15.2. The first-order valence-electron chi connectivity index (χ1n) is 6.24. The van der Waals surface area contributed by atoms with Gasteiger partial charge in [0, 0.05) is 17.2 Å². The fourth-order valence-electron chi connectivity index (χ4n) is 1.67. The second-order valence-corrected chi connectivity index (χ2v) is 5.68. The molecule has 0 aliphatic rings. The summed E-state index contributed by atoms with van der Waals surface area (Å²) >= 11 is 3.38. The average Bonchev–Trinajstić information content (AvgIpc) is 2.71. The summed E-state index contributed by atoms with van der Waals surface area (Å²) in [6.07, 6.45) is 3.55. The number of nitrogens with zero attached hydrogens (tertiary/aromatic N) is 1. The molecule has 0 aliphatic heterocycles. The van der Waals surface area contributed by atoms with E-state index >= 15 is 0 Å². The van der Waals surface area contributed by atoms with Gasteiger partial charge < -0.3 is 15.0 Å². The van der Waals surface area contributed by atoms with Crippen molar-refractivity contribution < 1.29 is 9.90 Å². The monoisotopic (exact) mass is 316 g/mol. The second kappa shape index (κ2) is 6.38. The maximum atomic E-state index is 12.2. The summed E-state index contributed by atoms with van der Waals surface area (Å²) in [5, 5.41) is 12.2. The minimum atomic E-state index is -0.565. The first-order chi connectivity index (χ1) is 8.45. The van der Waals surface area contributed by atoms with Crippen molar-refractivity contribution in [2.24, 2.45) is 0 Å². The quantitative estimate of drug-likeness (QED) is 0.847. The lowest BCUT2D eigenvalue weighted by atomic mass is 10.00. The lowest BCUT2D eigenvalue weighted by Crippen LogP contribution is -2.48. The number of carbonyl (C=O) groups excluding carboxylic acids is 1. The van der Waals surface area contributed by atoms with Crippen molar-refractivity contribution >= 4 is 21.8 Å². The zero-order valence-corrected chi connectivity index (χ0v) is 12.7. The third-order valence-electron chi connectivity index (χ3n) is 3.10. The molecule has 0 saturated carbocycles. The van der Waals surface area contributed by atoms with Gasteiger partial charge in [0.25, 0.3) is 5.91 Å². The minimum Gasteiger partial charge on any atom is -0.394 e. The lowest BCUT2D eigenvalue weighted by molar-refractivity contribution is 0.0838. The zero-order chi connectivity index (χ0) is 13.8. The summed E-state index contributed by atoms with van der Waals surface area (Å²) in [5.74, 6) is -0.146. The molecule has 1 heterocycles. The van der Waals surface area contributed by atoms with Crippen LogP contribution in [0.1, 0.15) is 44.1 Å². The van der Waals surface area contributed by atoms with E-state index in [9.17, 15) is 9.90 Å². The van der Waals surface area contributed by atoms with Crippen LogP contribution < -0.4 is 5.32 Å². The van der Waals surface area contributed by atoms with Gasteiger partial charge in [-0.25, -0.2) is 0 Å². The fraction of sp³-hybridized carbons (Fsp3) is 0.615. The van der Waals surface area contributed by atoms with Gasteiger partial charge in [0.05, 0.1) is 12.1 Å². The van der Waals surface area contributed by atoms with Crippen LogP contribution in [0.15, 0.2) is 16.7 Å². The maximum absolute atomic E-state index is 12.2. The second-order valence-electron chi connectivity index (χ2n) is 4.76. The van der Waals surface area contributed by atoms with Crippen molar-refractivity contribution in [3.05, 3.63) is 22.4 Å². The van der Waals surface area contributed by atoms with Gasteiger partial charge in [-0.05, 0) is 41.8 Å². The summed E-state index contributed by atoms with van der Waals surface area (Å²) in [7, 11) is 0. The van der Waals surface area contributed by atoms with Crippen LogP contribution in [-0.4, -0.2) is 27.7 Å². The van der Waals surface area contributed by atoms with Gasteiger partial charge in [-0.1, -0.05) is 13.8 Å². The Kier molecular flexibility index (Phi) is 5.41. The highest BCUT2D eigenvalue weighted by Gasteiger charge is 2.25. The van der Waals surface area contributed by atoms with E-state index in [1.807, 2.05) is 24.6 Å². The average molecular weight is 317 g/mol. The number of aromatic nitrogens is 1. The molecule has 18 heavy (non-hydrogen) atoms. The topological polar surface area (TPSA) is 54.3 Å². The number of nitrogens with one attached hydrogen (secondary N) is 1. The normalized spacial score (nSPS) is 14.3. The van der Waals surface area contributed by atoms with Crippen LogP contribution in [0, 0.1) is 0 Å². The number of hydrogen-bond acceptors (Lipinski definition) is 2. The molecular weight excluding hydrogens is 296 g/mol. The highest BCUT2D eigenvalue weighted by Crippen LogP contribution is 2.17. The van der Waals surface area contributed by atoms with Crippen molar-refractivity contribution in [1.29, 1.82) is 0 Å². The number of aliphatic hydroxyl groups is 1. The van der Waals surface area contributed by atoms with Crippen molar-refractivity contribution in [3.8, 4) is 0 Å². The van der Waals surface area contributed by atoms with E-state index < -0.39 is 5.54 Å². The van der Waals surface area contributed by atoms with E-state index in [0.717, 1.165) is 17.4 Å². The van der Waals surface area contributed by atoms with Gasteiger partial charge in [-0.2, -0.15) is 0 Å². The van der Waals surface area contributed by atoms with Crippen molar-refractivity contribution in [3.63, 3.8) is 0 Å². The molecule has 1 unspecified atom stereocenters. The maximum Gasteiger partial charge on any atom is 0.268 e. The van der Waals surface area contributed by atoms with E-state index in [0.29, 0.717) is 12.1 Å². The number of carbonyl (C=O) groups is 1. The Morgan fingerprint density at radius 1 is 1.56 bits per heavy atom. The molecule has 0 spiro atoms. The standard InChI is InChI=1S/C13H21BrN2O2/c1-4-6-16-8-10(14)7-11(16)12(18)15-13(3,5-2)9-17/h7-8,17H,4-6,9H2,1-3H3,(H,15,18). The number of aryl methyl sites for hydroxylation is 1. The van der Waals surface area contributed by atoms with Crippen LogP contribution in [0.2, 0.25) is 0 Å². The van der Waals surface area contributed by atoms with Gasteiger partial charge in [-0.15, -0.1) is 0 Å². The van der Waals surface area contributed by atoms with Crippen molar-refractivity contribution in [2.45, 2.75) is 45.7 Å². The molecule has 0 bridgehead atoms. The molecule has 0 aliphatic carbocycles. The molecule has 1 amide bonds.